The molecule has 0 unspecified atom stereocenters. The van der Waals surface area contributed by atoms with E-state index in [0.717, 1.165) is 5.56 Å². The van der Waals surface area contributed by atoms with Crippen molar-refractivity contribution in [2.45, 2.75) is 26.3 Å². The number of anilines is 3. The van der Waals surface area contributed by atoms with E-state index in [1.807, 2.05) is 62.4 Å². The molecular formula is C23H22N8O. The van der Waals surface area contributed by atoms with E-state index in [9.17, 15) is 4.79 Å². The Hall–Kier alpha value is -4.45. The lowest BCUT2D eigenvalue weighted by atomic mass is 10.1. The molecule has 9 heteroatoms. The third-order valence-electron chi connectivity index (χ3n) is 5.22. The van der Waals surface area contributed by atoms with Crippen LogP contribution in [-0.4, -0.2) is 19.5 Å². The molecular weight excluding hydrogens is 404 g/mol. The van der Waals surface area contributed by atoms with Gasteiger partial charge in [0.05, 0.1) is 29.2 Å². The van der Waals surface area contributed by atoms with Gasteiger partial charge in [-0.25, -0.2) is 19.8 Å². The van der Waals surface area contributed by atoms with Gasteiger partial charge < -0.3 is 16.8 Å². The van der Waals surface area contributed by atoms with Crippen molar-refractivity contribution in [2.24, 2.45) is 0 Å². The molecule has 0 aliphatic carbocycles. The lowest BCUT2D eigenvalue weighted by Crippen LogP contribution is -2.28. The zero-order chi connectivity index (χ0) is 22.8. The maximum absolute atomic E-state index is 13.7. The Bertz CT molecular complexity index is 1410. The number of nitrogens with two attached hydrogens (primary N) is 2. The number of fused-ring (bicyclic) bond motifs is 1. The molecule has 5 N–H and O–H groups in total. The highest BCUT2D eigenvalue weighted by Gasteiger charge is 2.23. The van der Waals surface area contributed by atoms with Crippen LogP contribution in [0, 0.1) is 13.5 Å². The fourth-order valence-corrected chi connectivity index (χ4v) is 3.69. The minimum atomic E-state index is -0.456. The van der Waals surface area contributed by atoms with Crippen molar-refractivity contribution in [2.75, 3.05) is 16.8 Å². The van der Waals surface area contributed by atoms with Gasteiger partial charge in [0.1, 0.15) is 17.5 Å². The second-order valence-electron chi connectivity index (χ2n) is 7.30. The molecule has 2 heterocycles. The first-order valence-corrected chi connectivity index (χ1v) is 10.1. The number of nitrogens with one attached hydrogen (secondary N) is 1. The van der Waals surface area contributed by atoms with Crippen LogP contribution < -0.4 is 22.3 Å². The molecule has 0 bridgehead atoms. The van der Waals surface area contributed by atoms with Crippen LogP contribution >= 0.6 is 0 Å². The number of nitrogen functional groups attached to an aromatic ring is 2. The Morgan fingerprint density at radius 2 is 1.84 bits per heavy atom. The minimum absolute atomic E-state index is 0.00704. The highest BCUT2D eigenvalue weighted by atomic mass is 16.1. The third kappa shape index (κ3) is 3.58. The van der Waals surface area contributed by atoms with E-state index in [-0.39, 0.29) is 28.8 Å². The molecule has 0 radical (unpaired) electrons. The fourth-order valence-electron chi connectivity index (χ4n) is 3.69. The molecule has 2 aromatic heterocycles. The first-order chi connectivity index (χ1) is 15.4. The number of rotatable bonds is 5. The predicted octanol–water partition coefficient (Wildman–Crippen LogP) is 3.76. The largest absolute Gasteiger partial charge is 0.392 e. The summed E-state index contributed by atoms with van der Waals surface area (Å²) >= 11 is 0. The molecule has 4 rings (SSSR count). The monoisotopic (exact) mass is 426 g/mol. The summed E-state index contributed by atoms with van der Waals surface area (Å²) in [5.74, 6) is 0.644. The molecule has 1 atom stereocenters. The molecule has 9 nitrogen and oxygen atoms in total. The number of hydrogen-bond acceptors (Lipinski definition) is 7. The summed E-state index contributed by atoms with van der Waals surface area (Å²) in [7, 11) is 0. The highest BCUT2D eigenvalue weighted by Crippen LogP contribution is 2.33. The Kier molecular flexibility index (Phi) is 5.43. The number of para-hydroxylation sites is 1. The van der Waals surface area contributed by atoms with Gasteiger partial charge in [0.2, 0.25) is 5.95 Å². The SMILES string of the molecule is [C-]#[N+]c1c(N)nc(N)nc1N[C@@H](CC)c1nc2cccc(C)c2c(=O)n1-c1ccccc1. The Morgan fingerprint density at radius 1 is 1.09 bits per heavy atom. The first kappa shape index (κ1) is 20.8. The van der Waals surface area contributed by atoms with Gasteiger partial charge in [-0.2, -0.15) is 0 Å². The van der Waals surface area contributed by atoms with Crippen molar-refractivity contribution in [3.8, 4) is 5.69 Å². The lowest BCUT2D eigenvalue weighted by molar-refractivity contribution is 0.659. The molecule has 32 heavy (non-hydrogen) atoms. The van der Waals surface area contributed by atoms with E-state index in [4.69, 9.17) is 23.0 Å². The van der Waals surface area contributed by atoms with E-state index in [1.54, 1.807) is 4.57 Å². The maximum Gasteiger partial charge on any atom is 0.268 e. The number of aromatic nitrogens is 4. The van der Waals surface area contributed by atoms with E-state index in [1.165, 1.54) is 0 Å². The summed E-state index contributed by atoms with van der Waals surface area (Å²) in [5.41, 5.74) is 13.7. The van der Waals surface area contributed by atoms with Crippen LogP contribution in [0.1, 0.15) is 30.8 Å². The quantitative estimate of drug-likeness (QED) is 0.414. The van der Waals surface area contributed by atoms with E-state index in [0.29, 0.717) is 28.8 Å². The van der Waals surface area contributed by atoms with Gasteiger partial charge in [-0.15, -0.1) is 0 Å². The standard InChI is InChI=1S/C23H22N8O/c1-4-15(27-20-18(26-3)19(24)29-23(25)30-20)21-28-16-12-8-9-13(2)17(16)22(32)31(21)14-10-6-5-7-11-14/h5-12,15H,4H2,1-2H3,(H5,24,25,27,29,30)/t15-/m0/s1. The topological polar surface area (TPSA) is 129 Å². The number of hydrogen-bond donors (Lipinski definition) is 3. The molecule has 0 saturated carbocycles. The Morgan fingerprint density at radius 3 is 2.53 bits per heavy atom. The summed E-state index contributed by atoms with van der Waals surface area (Å²) < 4.78 is 1.60. The molecule has 0 amide bonds. The summed E-state index contributed by atoms with van der Waals surface area (Å²) in [6.45, 7) is 11.3. The summed E-state index contributed by atoms with van der Waals surface area (Å²) in [4.78, 5) is 30.0. The molecule has 4 aromatic rings. The van der Waals surface area contributed by atoms with Crippen LogP contribution in [0.2, 0.25) is 0 Å². The van der Waals surface area contributed by atoms with Gasteiger partial charge >= 0.3 is 0 Å². The average Bonchev–Trinajstić information content (AvgIpc) is 2.77. The second-order valence-corrected chi connectivity index (χ2v) is 7.30. The molecule has 160 valence electrons. The van der Waals surface area contributed by atoms with Gasteiger partial charge in [0, 0.05) is 0 Å². The highest BCUT2D eigenvalue weighted by molar-refractivity contribution is 5.82. The van der Waals surface area contributed by atoms with Crippen LogP contribution in [-0.2, 0) is 0 Å². The molecule has 0 fully saturated rings. The van der Waals surface area contributed by atoms with Crippen LogP contribution in [0.5, 0.6) is 0 Å². The van der Waals surface area contributed by atoms with Gasteiger partial charge in [0.15, 0.2) is 0 Å². The lowest BCUT2D eigenvalue weighted by Gasteiger charge is -2.23. The number of nitrogens with zero attached hydrogens (tertiary/aromatic N) is 5. The molecule has 2 aromatic carbocycles. The van der Waals surface area contributed by atoms with Crippen LogP contribution in [0.3, 0.4) is 0 Å². The first-order valence-electron chi connectivity index (χ1n) is 10.1. The Labute approximate surface area is 184 Å². The third-order valence-corrected chi connectivity index (χ3v) is 5.22. The number of benzene rings is 2. The average molecular weight is 426 g/mol. The van der Waals surface area contributed by atoms with E-state index < -0.39 is 6.04 Å². The zero-order valence-electron chi connectivity index (χ0n) is 17.7. The van der Waals surface area contributed by atoms with E-state index in [2.05, 4.69) is 20.1 Å². The van der Waals surface area contributed by atoms with Crippen LogP contribution in [0.4, 0.5) is 23.3 Å². The minimum Gasteiger partial charge on any atom is -0.392 e. The van der Waals surface area contributed by atoms with E-state index >= 15 is 0 Å². The van der Waals surface area contributed by atoms with Crippen molar-refractivity contribution in [3.63, 3.8) is 0 Å². The summed E-state index contributed by atoms with van der Waals surface area (Å²) in [6, 6.07) is 14.5. The van der Waals surface area contributed by atoms with Crippen molar-refractivity contribution < 1.29 is 0 Å². The molecule has 0 saturated heterocycles. The van der Waals surface area contributed by atoms with Gasteiger partial charge in [-0.1, -0.05) is 37.3 Å². The normalized spacial score (nSPS) is 11.8. The summed E-state index contributed by atoms with van der Waals surface area (Å²) in [5, 5.41) is 3.78. The smallest absolute Gasteiger partial charge is 0.268 e. The second kappa shape index (κ2) is 8.35. The van der Waals surface area contributed by atoms with Crippen LogP contribution in [0.15, 0.2) is 53.3 Å². The maximum atomic E-state index is 13.7. The Balaban J connectivity index is 1.97. The fraction of sp³-hybridized carbons (Fsp3) is 0.174. The van der Waals surface area contributed by atoms with Crippen molar-refractivity contribution in [1.82, 2.24) is 19.5 Å². The molecule has 0 aliphatic heterocycles. The van der Waals surface area contributed by atoms with Gasteiger partial charge in [0.25, 0.3) is 11.2 Å². The van der Waals surface area contributed by atoms with Crippen molar-refractivity contribution in [1.29, 1.82) is 0 Å². The van der Waals surface area contributed by atoms with Gasteiger partial charge in [-0.05, 0) is 37.1 Å². The molecule has 0 spiro atoms. The van der Waals surface area contributed by atoms with Crippen molar-refractivity contribution >= 4 is 34.2 Å². The van der Waals surface area contributed by atoms with Crippen molar-refractivity contribution in [3.05, 3.63) is 81.7 Å². The number of aryl methyl sites for hydroxylation is 1. The zero-order valence-corrected chi connectivity index (χ0v) is 17.7. The summed E-state index contributed by atoms with van der Waals surface area (Å²) in [6.07, 6.45) is 0.553. The molecule has 0 aliphatic rings. The van der Waals surface area contributed by atoms with Crippen LogP contribution in [0.25, 0.3) is 21.4 Å². The predicted molar refractivity (Wildman–Crippen MR) is 126 cm³/mol. The van der Waals surface area contributed by atoms with Gasteiger partial charge in [-0.3, -0.25) is 9.36 Å².